The van der Waals surface area contributed by atoms with Crippen molar-refractivity contribution < 1.29 is 0 Å². The molecule has 0 spiro atoms. The van der Waals surface area contributed by atoms with Crippen LogP contribution in [0, 0.1) is 0 Å². The van der Waals surface area contributed by atoms with Gasteiger partial charge in [-0.2, -0.15) is 0 Å². The summed E-state index contributed by atoms with van der Waals surface area (Å²) >= 11 is 0. The predicted octanol–water partition coefficient (Wildman–Crippen LogP) is 1.36. The summed E-state index contributed by atoms with van der Waals surface area (Å²) < 4.78 is 2.03. The molecule has 0 atom stereocenters. The average molecular weight is 263 g/mol. The van der Waals surface area contributed by atoms with Gasteiger partial charge < -0.3 is 14.8 Å². The molecule has 0 bridgehead atoms. The number of rotatable bonds is 5. The zero-order chi connectivity index (χ0) is 13.8. The summed E-state index contributed by atoms with van der Waals surface area (Å²) in [6.45, 7) is 5.69. The molecule has 2 heterocycles. The first kappa shape index (κ1) is 14.3. The minimum absolute atomic E-state index is 0.200. The molecular formula is C15H25N3O. The van der Waals surface area contributed by atoms with Gasteiger partial charge in [0.25, 0.3) is 5.56 Å². The van der Waals surface area contributed by atoms with Crippen LogP contribution in [-0.2, 0) is 26.1 Å². The number of fused-ring (bicyclic) bond motifs is 1. The molecule has 4 nitrogen and oxygen atoms in total. The van der Waals surface area contributed by atoms with Crippen molar-refractivity contribution in [2.24, 2.45) is 0 Å². The van der Waals surface area contributed by atoms with Gasteiger partial charge in [-0.15, -0.1) is 0 Å². The molecule has 0 radical (unpaired) electrons. The maximum Gasteiger partial charge on any atom is 0.255 e. The number of unbranched alkanes of at least 4 members (excludes halogenated alkanes) is 1. The van der Waals surface area contributed by atoms with Crippen molar-refractivity contribution in [3.63, 3.8) is 0 Å². The predicted molar refractivity (Wildman–Crippen MR) is 78.4 cm³/mol. The van der Waals surface area contributed by atoms with Crippen molar-refractivity contribution in [3.8, 4) is 0 Å². The number of hydrogen-bond acceptors (Lipinski definition) is 3. The van der Waals surface area contributed by atoms with Crippen LogP contribution in [0.5, 0.6) is 0 Å². The Morgan fingerprint density at radius 3 is 2.89 bits per heavy atom. The Morgan fingerprint density at radius 2 is 2.21 bits per heavy atom. The van der Waals surface area contributed by atoms with E-state index >= 15 is 0 Å². The quantitative estimate of drug-likeness (QED) is 0.871. The Kier molecular flexibility index (Phi) is 4.77. The number of aromatic nitrogens is 1. The third kappa shape index (κ3) is 3.07. The molecule has 0 fully saturated rings. The lowest BCUT2D eigenvalue weighted by atomic mass is 10.0. The SMILES string of the molecule is CCCCn1c2c(cc(CNC)c1=O)CN(C)CC2. The molecule has 0 saturated heterocycles. The van der Waals surface area contributed by atoms with Crippen molar-refractivity contribution in [2.75, 3.05) is 20.6 Å². The lowest BCUT2D eigenvalue weighted by molar-refractivity contribution is 0.303. The summed E-state index contributed by atoms with van der Waals surface area (Å²) in [7, 11) is 4.03. The van der Waals surface area contributed by atoms with E-state index in [4.69, 9.17) is 0 Å². The highest BCUT2D eigenvalue weighted by atomic mass is 16.1. The van der Waals surface area contributed by atoms with Crippen LogP contribution in [0.3, 0.4) is 0 Å². The highest BCUT2D eigenvalue weighted by molar-refractivity contribution is 5.29. The second-order valence-electron chi connectivity index (χ2n) is 5.47. The van der Waals surface area contributed by atoms with Gasteiger partial charge in [0.2, 0.25) is 0 Å². The summed E-state index contributed by atoms with van der Waals surface area (Å²) in [6, 6.07) is 2.10. The van der Waals surface area contributed by atoms with Gasteiger partial charge in [0.05, 0.1) is 0 Å². The standard InChI is InChI=1S/C15H25N3O/c1-4-5-7-18-14-6-8-17(3)11-13(14)9-12(10-16-2)15(18)19/h9,16H,4-8,10-11H2,1-3H3. The highest BCUT2D eigenvalue weighted by Crippen LogP contribution is 2.18. The first-order chi connectivity index (χ1) is 9.17. The molecule has 0 unspecified atom stereocenters. The van der Waals surface area contributed by atoms with E-state index in [1.54, 1.807) is 0 Å². The van der Waals surface area contributed by atoms with Crippen LogP contribution in [-0.4, -0.2) is 30.1 Å². The van der Waals surface area contributed by atoms with E-state index in [1.807, 2.05) is 11.6 Å². The van der Waals surface area contributed by atoms with E-state index in [0.29, 0.717) is 6.54 Å². The molecule has 1 aliphatic heterocycles. The van der Waals surface area contributed by atoms with Gasteiger partial charge in [0, 0.05) is 43.9 Å². The van der Waals surface area contributed by atoms with E-state index in [0.717, 1.165) is 44.5 Å². The van der Waals surface area contributed by atoms with Crippen molar-refractivity contribution in [3.05, 3.63) is 33.2 Å². The highest BCUT2D eigenvalue weighted by Gasteiger charge is 2.19. The smallest absolute Gasteiger partial charge is 0.255 e. The lowest BCUT2D eigenvalue weighted by Crippen LogP contribution is -2.36. The van der Waals surface area contributed by atoms with Gasteiger partial charge in [0.15, 0.2) is 0 Å². The third-order valence-corrected chi connectivity index (χ3v) is 3.84. The first-order valence-corrected chi connectivity index (χ1v) is 7.25. The Hall–Kier alpha value is -1.13. The zero-order valence-electron chi connectivity index (χ0n) is 12.3. The monoisotopic (exact) mass is 263 g/mol. The fourth-order valence-corrected chi connectivity index (χ4v) is 2.79. The molecule has 1 aliphatic rings. The van der Waals surface area contributed by atoms with Crippen LogP contribution in [0.1, 0.15) is 36.6 Å². The second-order valence-corrected chi connectivity index (χ2v) is 5.47. The number of likely N-dealkylation sites (N-methyl/N-ethyl adjacent to an activating group) is 1. The van der Waals surface area contributed by atoms with E-state index in [1.165, 1.54) is 11.3 Å². The van der Waals surface area contributed by atoms with Crippen molar-refractivity contribution >= 4 is 0 Å². The summed E-state index contributed by atoms with van der Waals surface area (Å²) in [5.41, 5.74) is 3.69. The van der Waals surface area contributed by atoms with Gasteiger partial charge in [-0.1, -0.05) is 13.3 Å². The van der Waals surface area contributed by atoms with E-state index in [-0.39, 0.29) is 5.56 Å². The van der Waals surface area contributed by atoms with E-state index < -0.39 is 0 Å². The number of pyridine rings is 1. The van der Waals surface area contributed by atoms with Gasteiger partial charge >= 0.3 is 0 Å². The molecule has 0 amide bonds. The molecule has 0 saturated carbocycles. The average Bonchev–Trinajstić information content (AvgIpc) is 2.39. The molecule has 0 aromatic carbocycles. The number of nitrogens with zero attached hydrogens (tertiary/aromatic N) is 2. The second kappa shape index (κ2) is 6.35. The van der Waals surface area contributed by atoms with Gasteiger partial charge in [-0.05, 0) is 32.1 Å². The third-order valence-electron chi connectivity index (χ3n) is 3.84. The summed E-state index contributed by atoms with van der Waals surface area (Å²) in [5, 5.41) is 3.10. The molecule has 106 valence electrons. The fourth-order valence-electron chi connectivity index (χ4n) is 2.79. The molecule has 1 aromatic heterocycles. The zero-order valence-corrected chi connectivity index (χ0v) is 12.3. The van der Waals surface area contributed by atoms with Crippen molar-refractivity contribution in [2.45, 2.75) is 45.8 Å². The summed E-state index contributed by atoms with van der Waals surface area (Å²) in [6.07, 6.45) is 3.19. The molecule has 4 heteroatoms. The molecule has 1 aromatic rings. The Morgan fingerprint density at radius 1 is 1.42 bits per heavy atom. The Balaban J connectivity index is 2.45. The molecule has 2 rings (SSSR count). The maximum absolute atomic E-state index is 12.5. The Bertz CT molecular complexity index is 493. The summed E-state index contributed by atoms with van der Waals surface area (Å²) in [4.78, 5) is 14.8. The Labute approximate surface area is 115 Å². The number of hydrogen-bond donors (Lipinski definition) is 1. The van der Waals surface area contributed by atoms with Crippen LogP contribution < -0.4 is 10.9 Å². The fraction of sp³-hybridized carbons (Fsp3) is 0.667. The minimum Gasteiger partial charge on any atom is -0.315 e. The largest absolute Gasteiger partial charge is 0.315 e. The van der Waals surface area contributed by atoms with Crippen molar-refractivity contribution in [1.82, 2.24) is 14.8 Å². The van der Waals surface area contributed by atoms with E-state index in [2.05, 4.69) is 30.3 Å². The molecule has 1 N–H and O–H groups in total. The van der Waals surface area contributed by atoms with Crippen LogP contribution in [0.15, 0.2) is 10.9 Å². The topological polar surface area (TPSA) is 37.3 Å². The molecule has 19 heavy (non-hydrogen) atoms. The van der Waals surface area contributed by atoms with Crippen LogP contribution in [0.2, 0.25) is 0 Å². The minimum atomic E-state index is 0.200. The van der Waals surface area contributed by atoms with Crippen LogP contribution in [0.4, 0.5) is 0 Å². The molecular weight excluding hydrogens is 238 g/mol. The van der Waals surface area contributed by atoms with Crippen molar-refractivity contribution in [1.29, 1.82) is 0 Å². The van der Waals surface area contributed by atoms with Crippen LogP contribution in [0.25, 0.3) is 0 Å². The van der Waals surface area contributed by atoms with Gasteiger partial charge in [-0.25, -0.2) is 0 Å². The van der Waals surface area contributed by atoms with Gasteiger partial charge in [0.1, 0.15) is 0 Å². The van der Waals surface area contributed by atoms with Crippen LogP contribution >= 0.6 is 0 Å². The van der Waals surface area contributed by atoms with E-state index in [9.17, 15) is 4.79 Å². The summed E-state index contributed by atoms with van der Waals surface area (Å²) in [5.74, 6) is 0. The normalized spacial score (nSPS) is 15.5. The molecule has 0 aliphatic carbocycles. The maximum atomic E-state index is 12.5. The number of nitrogens with one attached hydrogen (secondary N) is 1. The lowest BCUT2D eigenvalue weighted by Gasteiger charge is -2.28. The van der Waals surface area contributed by atoms with Gasteiger partial charge in [-0.3, -0.25) is 4.79 Å². The first-order valence-electron chi connectivity index (χ1n) is 7.25.